The Labute approximate surface area is 192 Å². The van der Waals surface area contributed by atoms with Gasteiger partial charge in [0.2, 0.25) is 5.91 Å². The topological polar surface area (TPSA) is 104 Å². The van der Waals surface area contributed by atoms with E-state index in [1.165, 1.54) is 0 Å². The van der Waals surface area contributed by atoms with Crippen LogP contribution in [0.4, 0.5) is 17.2 Å². The molecule has 3 aromatic rings. The van der Waals surface area contributed by atoms with Gasteiger partial charge in [0.1, 0.15) is 5.82 Å². The highest BCUT2D eigenvalue weighted by Gasteiger charge is 2.45. The molecule has 7 nitrogen and oxygen atoms in total. The fraction of sp³-hybridized carbons (Fsp3) is 0.308. The van der Waals surface area contributed by atoms with E-state index >= 15 is 0 Å². The summed E-state index contributed by atoms with van der Waals surface area (Å²) in [6.07, 6.45) is 4.18. The molecule has 1 amide bonds. The standard InChI is InChI=1S/C26H26N4O3/c1-3-15-13-18(31)22-20(24(15)32)23(28-17-7-5-4-6-8-17)21(30-22)16-9-12-27-19(14-16)29-25(33)26(2)10-11-26/h4-9,12,14-15,28,30H,3,10-11,13H2,1-2H3,(H,27,29,33)/t15-/m0/s1. The average molecular weight is 443 g/mol. The Morgan fingerprint density at radius 1 is 1.15 bits per heavy atom. The van der Waals surface area contributed by atoms with Crippen LogP contribution in [0.5, 0.6) is 0 Å². The Morgan fingerprint density at radius 3 is 2.61 bits per heavy atom. The second-order valence-corrected chi connectivity index (χ2v) is 9.16. The number of aromatic amines is 1. The zero-order valence-corrected chi connectivity index (χ0v) is 18.7. The number of hydrogen-bond acceptors (Lipinski definition) is 5. The van der Waals surface area contributed by atoms with Crippen LogP contribution in [0.2, 0.25) is 0 Å². The van der Waals surface area contributed by atoms with Gasteiger partial charge in [0.05, 0.1) is 22.6 Å². The van der Waals surface area contributed by atoms with E-state index in [1.807, 2.05) is 44.2 Å². The van der Waals surface area contributed by atoms with Gasteiger partial charge in [0.15, 0.2) is 11.6 Å². The van der Waals surface area contributed by atoms with Crippen LogP contribution in [0.1, 0.15) is 60.4 Å². The lowest BCUT2D eigenvalue weighted by atomic mass is 9.83. The van der Waals surface area contributed by atoms with Crippen molar-refractivity contribution >= 4 is 34.7 Å². The quantitative estimate of drug-likeness (QED) is 0.477. The first kappa shape index (κ1) is 21.1. The molecule has 1 fully saturated rings. The summed E-state index contributed by atoms with van der Waals surface area (Å²) in [5, 5.41) is 6.26. The van der Waals surface area contributed by atoms with Gasteiger partial charge in [0.25, 0.3) is 0 Å². The fourth-order valence-electron chi connectivity index (χ4n) is 4.25. The third-order valence-corrected chi connectivity index (χ3v) is 6.70. The molecular weight excluding hydrogens is 416 g/mol. The minimum atomic E-state index is -0.323. The second-order valence-electron chi connectivity index (χ2n) is 9.16. The first-order valence-electron chi connectivity index (χ1n) is 11.3. The maximum absolute atomic E-state index is 13.3. The van der Waals surface area contributed by atoms with E-state index in [1.54, 1.807) is 18.3 Å². The molecule has 0 aliphatic heterocycles. The molecule has 7 heteroatoms. The first-order valence-corrected chi connectivity index (χ1v) is 11.3. The Bertz CT molecular complexity index is 1260. The van der Waals surface area contributed by atoms with Crippen LogP contribution in [-0.4, -0.2) is 27.4 Å². The van der Waals surface area contributed by atoms with Gasteiger partial charge in [-0.15, -0.1) is 0 Å². The molecule has 2 aliphatic carbocycles. The zero-order chi connectivity index (χ0) is 23.2. The van der Waals surface area contributed by atoms with Gasteiger partial charge < -0.3 is 15.6 Å². The third kappa shape index (κ3) is 3.84. The van der Waals surface area contributed by atoms with Crippen LogP contribution >= 0.6 is 0 Å². The Kier molecular flexibility index (Phi) is 5.12. The number of carbonyl (C=O) groups is 3. The highest BCUT2D eigenvalue weighted by molar-refractivity contribution is 6.19. The number of ketones is 2. The van der Waals surface area contributed by atoms with Crippen molar-refractivity contribution in [2.24, 2.45) is 11.3 Å². The smallest absolute Gasteiger partial charge is 0.231 e. The van der Waals surface area contributed by atoms with E-state index in [2.05, 4.69) is 20.6 Å². The number of para-hydroxylation sites is 1. The van der Waals surface area contributed by atoms with Crippen molar-refractivity contribution < 1.29 is 14.4 Å². The van der Waals surface area contributed by atoms with E-state index in [4.69, 9.17) is 0 Å². The van der Waals surface area contributed by atoms with Crippen LogP contribution in [0, 0.1) is 11.3 Å². The number of fused-ring (bicyclic) bond motifs is 1. The number of nitrogens with zero attached hydrogens (tertiary/aromatic N) is 1. The number of pyridine rings is 1. The van der Waals surface area contributed by atoms with Crippen molar-refractivity contribution in [2.75, 3.05) is 10.6 Å². The zero-order valence-electron chi connectivity index (χ0n) is 18.7. The molecule has 2 aromatic heterocycles. The summed E-state index contributed by atoms with van der Waals surface area (Å²) >= 11 is 0. The molecule has 2 aliphatic rings. The number of benzene rings is 1. The van der Waals surface area contributed by atoms with E-state index in [9.17, 15) is 14.4 Å². The predicted molar refractivity (Wildman–Crippen MR) is 127 cm³/mol. The molecule has 0 radical (unpaired) electrons. The van der Waals surface area contributed by atoms with Crippen molar-refractivity contribution in [3.05, 3.63) is 59.9 Å². The van der Waals surface area contributed by atoms with Gasteiger partial charge in [-0.25, -0.2) is 4.98 Å². The second kappa shape index (κ2) is 7.99. The summed E-state index contributed by atoms with van der Waals surface area (Å²) in [5.41, 5.74) is 3.16. The molecule has 168 valence electrons. The SMILES string of the molecule is CC[C@H]1CC(=O)c2[nH]c(-c3ccnc(NC(=O)C4(C)CC4)c3)c(Nc3ccccc3)c2C1=O. The first-order chi connectivity index (χ1) is 15.9. The largest absolute Gasteiger partial charge is 0.353 e. The third-order valence-electron chi connectivity index (χ3n) is 6.70. The van der Waals surface area contributed by atoms with Crippen LogP contribution in [0.25, 0.3) is 11.3 Å². The van der Waals surface area contributed by atoms with Crippen molar-refractivity contribution in [1.29, 1.82) is 0 Å². The van der Waals surface area contributed by atoms with E-state index in [-0.39, 0.29) is 35.2 Å². The summed E-state index contributed by atoms with van der Waals surface area (Å²) in [6.45, 7) is 3.87. The summed E-state index contributed by atoms with van der Waals surface area (Å²) in [7, 11) is 0. The number of anilines is 3. The van der Waals surface area contributed by atoms with E-state index < -0.39 is 0 Å². The van der Waals surface area contributed by atoms with Crippen molar-refractivity contribution in [3.8, 4) is 11.3 Å². The summed E-state index contributed by atoms with van der Waals surface area (Å²) < 4.78 is 0. The fourth-order valence-corrected chi connectivity index (χ4v) is 4.25. The number of aromatic nitrogens is 2. The highest BCUT2D eigenvalue weighted by atomic mass is 16.2. The Morgan fingerprint density at radius 2 is 1.91 bits per heavy atom. The van der Waals surface area contributed by atoms with Crippen molar-refractivity contribution in [1.82, 2.24) is 9.97 Å². The van der Waals surface area contributed by atoms with E-state index in [0.717, 1.165) is 24.1 Å². The number of hydrogen-bond donors (Lipinski definition) is 3. The van der Waals surface area contributed by atoms with Gasteiger partial charge in [-0.05, 0) is 43.5 Å². The number of carbonyl (C=O) groups excluding carboxylic acids is 3. The van der Waals surface area contributed by atoms with Gasteiger partial charge >= 0.3 is 0 Å². The van der Waals surface area contributed by atoms with Crippen LogP contribution in [0.15, 0.2) is 48.7 Å². The lowest BCUT2D eigenvalue weighted by Crippen LogP contribution is -2.26. The summed E-state index contributed by atoms with van der Waals surface area (Å²) in [6, 6.07) is 13.1. The van der Waals surface area contributed by atoms with Crippen molar-refractivity contribution in [2.45, 2.75) is 39.5 Å². The van der Waals surface area contributed by atoms with Crippen LogP contribution < -0.4 is 10.6 Å². The lowest BCUT2D eigenvalue weighted by molar-refractivity contribution is -0.120. The molecule has 0 bridgehead atoms. The molecule has 0 spiro atoms. The average Bonchev–Trinajstić information content (AvgIpc) is 3.46. The number of Topliss-reactive ketones (excluding diaryl/α,β-unsaturated/α-hetero) is 2. The number of H-pyrrole nitrogens is 1. The van der Waals surface area contributed by atoms with Gasteiger partial charge in [-0.1, -0.05) is 32.0 Å². The Hall–Kier alpha value is -3.74. The number of amides is 1. The van der Waals surface area contributed by atoms with E-state index in [0.29, 0.717) is 34.9 Å². The molecule has 5 rings (SSSR count). The molecule has 1 atom stereocenters. The summed E-state index contributed by atoms with van der Waals surface area (Å²) in [5.74, 6) is -0.0264. The maximum Gasteiger partial charge on any atom is 0.231 e. The van der Waals surface area contributed by atoms with Crippen LogP contribution in [0.3, 0.4) is 0 Å². The molecule has 0 saturated heterocycles. The lowest BCUT2D eigenvalue weighted by Gasteiger charge is -2.20. The van der Waals surface area contributed by atoms with Gasteiger partial charge in [-0.3, -0.25) is 14.4 Å². The molecule has 0 unspecified atom stereocenters. The molecule has 1 saturated carbocycles. The maximum atomic E-state index is 13.3. The minimum Gasteiger partial charge on any atom is -0.353 e. The van der Waals surface area contributed by atoms with Crippen molar-refractivity contribution in [3.63, 3.8) is 0 Å². The highest BCUT2D eigenvalue weighted by Crippen LogP contribution is 2.46. The van der Waals surface area contributed by atoms with Gasteiger partial charge in [0, 0.05) is 35.2 Å². The summed E-state index contributed by atoms with van der Waals surface area (Å²) in [4.78, 5) is 46.2. The number of rotatable bonds is 6. The predicted octanol–water partition coefficient (Wildman–Crippen LogP) is 5.35. The monoisotopic (exact) mass is 442 g/mol. The van der Waals surface area contributed by atoms with Crippen LogP contribution in [-0.2, 0) is 4.79 Å². The Balaban J connectivity index is 1.60. The molecule has 3 N–H and O–H groups in total. The molecule has 2 heterocycles. The minimum absolute atomic E-state index is 0.0303. The molecule has 1 aromatic carbocycles. The molecular formula is C26H26N4O3. The number of nitrogens with one attached hydrogen (secondary N) is 3. The van der Waals surface area contributed by atoms with Gasteiger partial charge in [-0.2, -0.15) is 0 Å². The molecule has 33 heavy (non-hydrogen) atoms. The normalized spacial score (nSPS) is 18.5.